The zero-order valence-corrected chi connectivity index (χ0v) is 12.4. The quantitative estimate of drug-likeness (QED) is 0.843. The summed E-state index contributed by atoms with van der Waals surface area (Å²) >= 11 is 10.5. The fourth-order valence-electron chi connectivity index (χ4n) is 1.33. The van der Waals surface area contributed by atoms with E-state index in [1.54, 1.807) is 6.07 Å². The summed E-state index contributed by atoms with van der Waals surface area (Å²) in [6.07, 6.45) is 0. The minimum absolute atomic E-state index is 0.136. The number of carbonyl (C=O) groups is 1. The van der Waals surface area contributed by atoms with Crippen LogP contribution in [0, 0.1) is 0 Å². The van der Waals surface area contributed by atoms with Crippen molar-refractivity contribution >= 4 is 49.8 Å². The molecule has 7 heteroatoms. The van der Waals surface area contributed by atoms with Gasteiger partial charge in [-0.2, -0.15) is 0 Å². The molecule has 0 unspecified atom stereocenters. The van der Waals surface area contributed by atoms with Crippen molar-refractivity contribution in [3.05, 3.63) is 33.4 Å². The van der Waals surface area contributed by atoms with Gasteiger partial charge in [0.05, 0.1) is 12.1 Å². The van der Waals surface area contributed by atoms with Crippen LogP contribution in [0.1, 0.15) is 10.5 Å². The fraction of sp³-hybridized carbons (Fsp3) is 0.0909. The van der Waals surface area contributed by atoms with Crippen LogP contribution in [-0.4, -0.2) is 18.1 Å². The molecule has 0 saturated carbocycles. The molecule has 0 aliphatic heterocycles. The number of halogens is 2. The molecule has 18 heavy (non-hydrogen) atoms. The van der Waals surface area contributed by atoms with Crippen molar-refractivity contribution in [1.29, 1.82) is 0 Å². The van der Waals surface area contributed by atoms with E-state index in [0.29, 0.717) is 15.0 Å². The second-order valence-electron chi connectivity index (χ2n) is 3.35. The van der Waals surface area contributed by atoms with Crippen LogP contribution in [-0.2, 0) is 4.74 Å². The van der Waals surface area contributed by atoms with Crippen LogP contribution in [0.3, 0.4) is 0 Å². The molecule has 2 rings (SSSR count). The Morgan fingerprint density at radius 2 is 2.28 bits per heavy atom. The van der Waals surface area contributed by atoms with Crippen LogP contribution in [0.25, 0.3) is 10.6 Å². The molecule has 0 atom stereocenters. The lowest BCUT2D eigenvalue weighted by molar-refractivity contribution is 0.0596. The Labute approximate surface area is 121 Å². The van der Waals surface area contributed by atoms with Crippen LogP contribution in [0.15, 0.2) is 22.7 Å². The molecule has 1 aromatic heterocycles. The molecule has 4 nitrogen and oxygen atoms in total. The van der Waals surface area contributed by atoms with Gasteiger partial charge in [-0.1, -0.05) is 29.0 Å². The first kappa shape index (κ1) is 13.3. The third-order valence-electron chi connectivity index (χ3n) is 2.20. The number of carbonyl (C=O) groups excluding carboxylic acids is 1. The summed E-state index contributed by atoms with van der Waals surface area (Å²) in [5, 5.41) is 1.53. The predicted octanol–water partition coefficient (Wildman–Crippen LogP) is 3.59. The van der Waals surface area contributed by atoms with Gasteiger partial charge in [0, 0.05) is 10.0 Å². The summed E-state index contributed by atoms with van der Waals surface area (Å²) in [6, 6.07) is 5.41. The van der Waals surface area contributed by atoms with E-state index in [2.05, 4.69) is 25.7 Å². The minimum Gasteiger partial charge on any atom is -0.464 e. The Bertz CT molecular complexity index is 615. The molecule has 94 valence electrons. The Morgan fingerprint density at radius 3 is 2.89 bits per heavy atom. The van der Waals surface area contributed by atoms with Gasteiger partial charge in [-0.15, -0.1) is 0 Å². The summed E-state index contributed by atoms with van der Waals surface area (Å²) in [5.41, 5.74) is 6.67. The van der Waals surface area contributed by atoms with E-state index in [1.807, 2.05) is 12.1 Å². The fourth-order valence-corrected chi connectivity index (χ4v) is 2.57. The van der Waals surface area contributed by atoms with Crippen LogP contribution in [0.4, 0.5) is 5.00 Å². The molecule has 2 aromatic rings. The summed E-state index contributed by atoms with van der Waals surface area (Å²) in [6.45, 7) is 0. The maximum atomic E-state index is 11.4. The molecule has 0 spiro atoms. The third-order valence-corrected chi connectivity index (χ3v) is 4.36. The predicted molar refractivity (Wildman–Crippen MR) is 76.0 cm³/mol. The highest BCUT2D eigenvalue weighted by Crippen LogP contribution is 2.33. The molecule has 0 aliphatic rings. The number of nitrogens with zero attached hydrogens (tertiary/aromatic N) is 1. The monoisotopic (exact) mass is 346 g/mol. The number of anilines is 1. The van der Waals surface area contributed by atoms with Crippen molar-refractivity contribution in [3.8, 4) is 10.6 Å². The number of ether oxygens (including phenoxy) is 1. The van der Waals surface area contributed by atoms with Crippen LogP contribution >= 0.6 is 38.9 Å². The Morgan fingerprint density at radius 1 is 1.56 bits per heavy atom. The Balaban J connectivity index is 2.45. The zero-order chi connectivity index (χ0) is 13.3. The normalized spacial score (nSPS) is 10.4. The molecule has 2 N–H and O–H groups in total. The Kier molecular flexibility index (Phi) is 3.89. The molecule has 1 aromatic carbocycles. The molecule has 0 saturated heterocycles. The Hall–Kier alpha value is -1.11. The van der Waals surface area contributed by atoms with Gasteiger partial charge < -0.3 is 10.5 Å². The van der Waals surface area contributed by atoms with Gasteiger partial charge >= 0.3 is 5.97 Å². The van der Waals surface area contributed by atoms with Crippen molar-refractivity contribution in [2.75, 3.05) is 12.8 Å². The number of nitrogens with two attached hydrogens (primary N) is 1. The van der Waals surface area contributed by atoms with Gasteiger partial charge in [-0.3, -0.25) is 0 Å². The maximum Gasteiger partial charge on any atom is 0.359 e. The van der Waals surface area contributed by atoms with Gasteiger partial charge in [0.1, 0.15) is 10.0 Å². The smallest absolute Gasteiger partial charge is 0.359 e. The molecule has 0 bridgehead atoms. The van der Waals surface area contributed by atoms with Gasteiger partial charge in [-0.25, -0.2) is 9.78 Å². The van der Waals surface area contributed by atoms with E-state index < -0.39 is 5.97 Å². The van der Waals surface area contributed by atoms with Crippen LogP contribution < -0.4 is 5.73 Å². The maximum absolute atomic E-state index is 11.4. The summed E-state index contributed by atoms with van der Waals surface area (Å²) in [7, 11) is 1.29. The van der Waals surface area contributed by atoms with Gasteiger partial charge in [0.25, 0.3) is 0 Å². The molecule has 0 fully saturated rings. The van der Waals surface area contributed by atoms with E-state index in [1.165, 1.54) is 18.4 Å². The molecule has 0 radical (unpaired) electrons. The number of aromatic nitrogens is 1. The first-order chi connectivity index (χ1) is 8.52. The first-order valence-electron chi connectivity index (χ1n) is 4.83. The lowest BCUT2D eigenvalue weighted by Crippen LogP contribution is -2.04. The van der Waals surface area contributed by atoms with E-state index in [0.717, 1.165) is 10.0 Å². The van der Waals surface area contributed by atoms with E-state index in [9.17, 15) is 4.79 Å². The zero-order valence-electron chi connectivity index (χ0n) is 9.24. The topological polar surface area (TPSA) is 65.2 Å². The summed E-state index contributed by atoms with van der Waals surface area (Å²) in [5.74, 6) is -0.543. The van der Waals surface area contributed by atoms with Crippen molar-refractivity contribution in [2.24, 2.45) is 0 Å². The third kappa shape index (κ3) is 2.50. The highest BCUT2D eigenvalue weighted by atomic mass is 79.9. The number of thiazole rings is 1. The molecular weight excluding hydrogens is 340 g/mol. The van der Waals surface area contributed by atoms with Crippen molar-refractivity contribution < 1.29 is 9.53 Å². The average molecular weight is 348 g/mol. The highest BCUT2D eigenvalue weighted by Gasteiger charge is 2.17. The minimum atomic E-state index is -0.543. The van der Waals surface area contributed by atoms with E-state index >= 15 is 0 Å². The van der Waals surface area contributed by atoms with Gasteiger partial charge in [-0.05, 0) is 28.1 Å². The number of benzene rings is 1. The highest BCUT2D eigenvalue weighted by molar-refractivity contribution is 9.10. The number of rotatable bonds is 2. The second kappa shape index (κ2) is 5.26. The first-order valence-corrected chi connectivity index (χ1v) is 6.81. The second-order valence-corrected chi connectivity index (χ2v) is 5.64. The van der Waals surface area contributed by atoms with Crippen LogP contribution in [0.5, 0.6) is 0 Å². The molecule has 0 amide bonds. The van der Waals surface area contributed by atoms with Crippen molar-refractivity contribution in [1.82, 2.24) is 4.98 Å². The van der Waals surface area contributed by atoms with Crippen molar-refractivity contribution in [2.45, 2.75) is 0 Å². The summed E-state index contributed by atoms with van der Waals surface area (Å²) in [4.78, 5) is 15.6. The number of esters is 1. The van der Waals surface area contributed by atoms with Crippen molar-refractivity contribution in [3.63, 3.8) is 0 Å². The summed E-state index contributed by atoms with van der Waals surface area (Å²) < 4.78 is 5.40. The molecule has 1 heterocycles. The van der Waals surface area contributed by atoms with E-state index in [-0.39, 0.29) is 5.69 Å². The number of hydrogen-bond acceptors (Lipinski definition) is 5. The number of hydrogen-bond donors (Lipinski definition) is 1. The number of methoxy groups -OCH3 is 1. The molecule has 0 aliphatic carbocycles. The van der Waals surface area contributed by atoms with E-state index in [4.69, 9.17) is 17.3 Å². The van der Waals surface area contributed by atoms with Gasteiger partial charge in [0.2, 0.25) is 0 Å². The van der Waals surface area contributed by atoms with Gasteiger partial charge in [0.15, 0.2) is 5.69 Å². The SMILES string of the molecule is COC(=O)c1nc(-c2ccc(Br)c(Cl)c2)sc1N. The average Bonchev–Trinajstić information content (AvgIpc) is 2.74. The lowest BCUT2D eigenvalue weighted by Gasteiger charge is -1.99. The van der Waals surface area contributed by atoms with Crippen LogP contribution in [0.2, 0.25) is 5.02 Å². The lowest BCUT2D eigenvalue weighted by atomic mass is 10.2. The largest absolute Gasteiger partial charge is 0.464 e. The standard InChI is InChI=1S/C11H8BrClN2O2S/c1-17-11(16)8-9(14)18-10(15-8)5-2-3-6(12)7(13)4-5/h2-4H,14H2,1H3. The molecular formula is C11H8BrClN2O2S. The number of nitrogen functional groups attached to an aromatic ring is 1.